The molecule has 27 heavy (non-hydrogen) atoms. The van der Waals surface area contributed by atoms with E-state index in [1.54, 1.807) is 18.2 Å². The molecular weight excluding hydrogens is 407 g/mol. The summed E-state index contributed by atoms with van der Waals surface area (Å²) in [6.07, 6.45) is -5.04. The lowest BCUT2D eigenvalue weighted by Crippen LogP contribution is -2.30. The van der Waals surface area contributed by atoms with Gasteiger partial charge < -0.3 is 5.11 Å². The SMILES string of the molecule is O=C(O)CC1CN(S(=O)(=O)c2cc(C(F)(F)F)ccc2Cl)c2ccccc21. The molecule has 1 N–H and O–H groups in total. The van der Waals surface area contributed by atoms with Crippen LogP contribution in [-0.4, -0.2) is 26.0 Å². The molecule has 2 aromatic rings. The molecule has 0 radical (unpaired) electrons. The predicted octanol–water partition coefficient (Wildman–Crippen LogP) is 4.13. The van der Waals surface area contributed by atoms with Crippen LogP contribution in [0.3, 0.4) is 0 Å². The Morgan fingerprint density at radius 3 is 2.52 bits per heavy atom. The van der Waals surface area contributed by atoms with Crippen molar-refractivity contribution in [1.82, 2.24) is 0 Å². The molecule has 0 saturated heterocycles. The van der Waals surface area contributed by atoms with Crippen molar-refractivity contribution in [3.05, 3.63) is 58.6 Å². The highest BCUT2D eigenvalue weighted by Gasteiger charge is 2.39. The number of fused-ring (bicyclic) bond motifs is 1. The number of carboxylic acids is 1. The Balaban J connectivity index is 2.10. The molecule has 1 aliphatic heterocycles. The standard InChI is InChI=1S/C17H13ClF3NO4S/c18-13-6-5-11(17(19,20)21)8-15(13)27(25,26)22-9-10(7-16(23)24)12-3-1-2-4-14(12)22/h1-6,8,10H,7,9H2,(H,23,24). The predicted molar refractivity (Wildman–Crippen MR) is 92.4 cm³/mol. The number of aliphatic carboxylic acids is 1. The molecule has 0 bridgehead atoms. The Bertz CT molecular complexity index is 1010. The van der Waals surface area contributed by atoms with Crippen LogP contribution in [-0.2, 0) is 21.0 Å². The monoisotopic (exact) mass is 419 g/mol. The third kappa shape index (κ3) is 3.61. The van der Waals surface area contributed by atoms with Gasteiger partial charge in [0.15, 0.2) is 0 Å². The zero-order chi connectivity index (χ0) is 20.0. The van der Waals surface area contributed by atoms with E-state index in [9.17, 15) is 26.4 Å². The molecule has 1 aliphatic rings. The fraction of sp³-hybridized carbons (Fsp3) is 0.235. The third-order valence-corrected chi connectivity index (χ3v) is 6.54. The molecule has 0 aromatic heterocycles. The summed E-state index contributed by atoms with van der Waals surface area (Å²) < 4.78 is 66.0. The minimum atomic E-state index is -4.73. The number of carbonyl (C=O) groups is 1. The molecular formula is C17H13ClF3NO4S. The van der Waals surface area contributed by atoms with Crippen LogP contribution in [0.5, 0.6) is 0 Å². The number of benzene rings is 2. The van der Waals surface area contributed by atoms with Crippen molar-refractivity contribution in [2.45, 2.75) is 23.4 Å². The van der Waals surface area contributed by atoms with E-state index in [1.165, 1.54) is 6.07 Å². The number of carboxylic acid groups (broad SMARTS) is 1. The summed E-state index contributed by atoms with van der Waals surface area (Å²) in [7, 11) is -4.43. The quantitative estimate of drug-likeness (QED) is 0.808. The fourth-order valence-corrected chi connectivity index (χ4v) is 5.10. The average molecular weight is 420 g/mol. The summed E-state index contributed by atoms with van der Waals surface area (Å²) in [4.78, 5) is 10.4. The molecule has 0 fully saturated rings. The van der Waals surface area contributed by atoms with Crippen molar-refractivity contribution in [2.24, 2.45) is 0 Å². The number of alkyl halides is 3. The Morgan fingerprint density at radius 1 is 1.22 bits per heavy atom. The van der Waals surface area contributed by atoms with Crippen LogP contribution in [0, 0.1) is 0 Å². The molecule has 144 valence electrons. The highest BCUT2D eigenvalue weighted by molar-refractivity contribution is 7.93. The lowest BCUT2D eigenvalue weighted by Gasteiger charge is -2.21. The molecule has 0 spiro atoms. The average Bonchev–Trinajstić information content (AvgIpc) is 2.93. The van der Waals surface area contributed by atoms with Gasteiger partial charge in [-0.3, -0.25) is 9.10 Å². The van der Waals surface area contributed by atoms with Crippen LogP contribution < -0.4 is 4.31 Å². The first-order valence-electron chi connectivity index (χ1n) is 7.72. The van der Waals surface area contributed by atoms with Gasteiger partial charge in [-0.15, -0.1) is 0 Å². The molecule has 2 aromatic carbocycles. The number of hydrogen-bond acceptors (Lipinski definition) is 3. The van der Waals surface area contributed by atoms with Crippen molar-refractivity contribution in [1.29, 1.82) is 0 Å². The van der Waals surface area contributed by atoms with Crippen molar-refractivity contribution < 1.29 is 31.5 Å². The van der Waals surface area contributed by atoms with Crippen molar-refractivity contribution in [3.63, 3.8) is 0 Å². The van der Waals surface area contributed by atoms with Crippen LogP contribution in [0.2, 0.25) is 5.02 Å². The number of hydrogen-bond donors (Lipinski definition) is 1. The van der Waals surface area contributed by atoms with Gasteiger partial charge in [-0.2, -0.15) is 13.2 Å². The fourth-order valence-electron chi connectivity index (χ4n) is 3.07. The van der Waals surface area contributed by atoms with Crippen LogP contribution in [0.1, 0.15) is 23.5 Å². The maximum atomic E-state index is 13.1. The second-order valence-electron chi connectivity index (χ2n) is 6.03. The number of anilines is 1. The summed E-state index contributed by atoms with van der Waals surface area (Å²) in [6, 6.07) is 8.37. The lowest BCUT2D eigenvalue weighted by molar-refractivity contribution is -0.138. The summed E-state index contributed by atoms with van der Waals surface area (Å²) in [5, 5.41) is 8.72. The molecule has 3 rings (SSSR count). The number of sulfonamides is 1. The van der Waals surface area contributed by atoms with Gasteiger partial charge in [-0.1, -0.05) is 29.8 Å². The number of nitrogens with zero attached hydrogens (tertiary/aromatic N) is 1. The third-order valence-electron chi connectivity index (χ3n) is 4.28. The van der Waals surface area contributed by atoms with Crippen molar-refractivity contribution in [3.8, 4) is 0 Å². The van der Waals surface area contributed by atoms with Crippen LogP contribution in [0.25, 0.3) is 0 Å². The molecule has 0 aliphatic carbocycles. The van der Waals surface area contributed by atoms with Gasteiger partial charge in [0.2, 0.25) is 0 Å². The second-order valence-corrected chi connectivity index (χ2v) is 8.27. The molecule has 0 amide bonds. The van der Waals surface area contributed by atoms with Gasteiger partial charge in [0.05, 0.1) is 22.7 Å². The van der Waals surface area contributed by atoms with Crippen LogP contribution in [0.4, 0.5) is 18.9 Å². The first-order valence-corrected chi connectivity index (χ1v) is 9.54. The Labute approximate surface area is 158 Å². The van der Waals surface area contributed by atoms with Gasteiger partial charge in [0.1, 0.15) is 4.90 Å². The van der Waals surface area contributed by atoms with Gasteiger partial charge in [-0.25, -0.2) is 8.42 Å². The zero-order valence-corrected chi connectivity index (χ0v) is 15.1. The molecule has 1 atom stereocenters. The molecule has 0 saturated carbocycles. The van der Waals surface area contributed by atoms with Gasteiger partial charge in [-0.05, 0) is 29.8 Å². The van der Waals surface area contributed by atoms with E-state index >= 15 is 0 Å². The van der Waals surface area contributed by atoms with Gasteiger partial charge in [0.25, 0.3) is 10.0 Å². The first-order chi connectivity index (χ1) is 12.5. The highest BCUT2D eigenvalue weighted by atomic mass is 35.5. The van der Waals surface area contributed by atoms with Crippen LogP contribution >= 0.6 is 11.6 Å². The van der Waals surface area contributed by atoms with Crippen LogP contribution in [0.15, 0.2) is 47.4 Å². The Hall–Kier alpha value is -2.26. The molecule has 10 heteroatoms. The molecule has 1 heterocycles. The molecule has 5 nitrogen and oxygen atoms in total. The van der Waals surface area contributed by atoms with E-state index in [1.807, 2.05) is 0 Å². The number of rotatable bonds is 4. The van der Waals surface area contributed by atoms with Crippen molar-refractivity contribution in [2.75, 3.05) is 10.8 Å². The van der Waals surface area contributed by atoms with E-state index in [0.717, 1.165) is 10.4 Å². The number of halogens is 4. The summed E-state index contributed by atoms with van der Waals surface area (Å²) in [5.41, 5.74) is -0.399. The Kier molecular flexibility index (Phi) is 4.85. The smallest absolute Gasteiger partial charge is 0.416 e. The van der Waals surface area contributed by atoms with Crippen molar-refractivity contribution >= 4 is 33.3 Å². The van der Waals surface area contributed by atoms with Gasteiger partial charge >= 0.3 is 12.1 Å². The van der Waals surface area contributed by atoms with Gasteiger partial charge in [0, 0.05) is 12.5 Å². The lowest BCUT2D eigenvalue weighted by atomic mass is 9.98. The zero-order valence-electron chi connectivity index (χ0n) is 13.6. The largest absolute Gasteiger partial charge is 0.481 e. The van der Waals surface area contributed by atoms with E-state index in [0.29, 0.717) is 17.7 Å². The topological polar surface area (TPSA) is 74.7 Å². The normalized spacial score (nSPS) is 17.0. The van der Waals surface area contributed by atoms with E-state index in [4.69, 9.17) is 16.7 Å². The second kappa shape index (κ2) is 6.72. The van der Waals surface area contributed by atoms with E-state index in [-0.39, 0.29) is 23.7 Å². The molecule has 1 unspecified atom stereocenters. The number of para-hydroxylation sites is 1. The highest BCUT2D eigenvalue weighted by Crippen LogP contribution is 2.42. The van der Waals surface area contributed by atoms with E-state index in [2.05, 4.69) is 0 Å². The minimum Gasteiger partial charge on any atom is -0.481 e. The summed E-state index contributed by atoms with van der Waals surface area (Å²) >= 11 is 5.89. The first kappa shape index (κ1) is 19.5. The Morgan fingerprint density at radius 2 is 1.89 bits per heavy atom. The minimum absolute atomic E-state index is 0.194. The summed E-state index contributed by atoms with van der Waals surface area (Å²) in [6.45, 7) is -0.194. The summed E-state index contributed by atoms with van der Waals surface area (Å²) in [5.74, 6) is -1.72. The van der Waals surface area contributed by atoms with E-state index < -0.39 is 38.5 Å². The maximum absolute atomic E-state index is 13.1. The maximum Gasteiger partial charge on any atom is 0.416 e.